The van der Waals surface area contributed by atoms with Crippen molar-refractivity contribution >= 4 is 33.6 Å². The van der Waals surface area contributed by atoms with E-state index in [-0.39, 0.29) is 16.6 Å². The summed E-state index contributed by atoms with van der Waals surface area (Å²) in [5.41, 5.74) is -0.117. The van der Waals surface area contributed by atoms with Gasteiger partial charge in [0.1, 0.15) is 11.3 Å². The topological polar surface area (TPSA) is 118 Å². The Kier molecular flexibility index (Phi) is 4.61. The molecule has 2 aliphatic rings. The first kappa shape index (κ1) is 17.6. The lowest BCUT2D eigenvalue weighted by Gasteiger charge is -2.39. The van der Waals surface area contributed by atoms with Crippen molar-refractivity contribution in [2.24, 2.45) is 5.14 Å². The number of carbonyl (C=O) groups is 3. The molecule has 9 heteroatoms. The molecule has 134 valence electrons. The minimum Gasteiger partial charge on any atom is -0.274 e. The Morgan fingerprint density at radius 2 is 1.60 bits per heavy atom. The van der Waals surface area contributed by atoms with Gasteiger partial charge in [0.05, 0.1) is 5.69 Å². The molecule has 1 aromatic rings. The van der Waals surface area contributed by atoms with Crippen LogP contribution in [-0.4, -0.2) is 37.2 Å². The number of nitrogens with two attached hydrogens (primary N) is 1. The predicted octanol–water partition coefficient (Wildman–Crippen LogP) is 1.35. The molecular weight excluding hydrogens is 346 g/mol. The molecule has 1 saturated heterocycles. The Hall–Kier alpha value is -2.26. The van der Waals surface area contributed by atoms with Crippen LogP contribution in [0.4, 0.5) is 10.5 Å². The number of amides is 4. The van der Waals surface area contributed by atoms with Crippen LogP contribution >= 0.6 is 0 Å². The average Bonchev–Trinajstić information content (AvgIpc) is 2.55. The first-order valence-corrected chi connectivity index (χ1v) is 9.66. The fourth-order valence-electron chi connectivity index (χ4n) is 3.43. The van der Waals surface area contributed by atoms with Gasteiger partial charge in [-0.1, -0.05) is 31.4 Å². The van der Waals surface area contributed by atoms with Crippen LogP contribution in [0.15, 0.2) is 29.2 Å². The van der Waals surface area contributed by atoms with E-state index >= 15 is 0 Å². The van der Waals surface area contributed by atoms with E-state index in [1.54, 1.807) is 0 Å². The SMILES string of the molecule is NS(=O)(=O)c1ccccc1N1C(=O)CC(=O)N(C2CCCCC2)C1=O. The van der Waals surface area contributed by atoms with Gasteiger partial charge in [-0.15, -0.1) is 0 Å². The molecule has 3 rings (SSSR count). The summed E-state index contributed by atoms with van der Waals surface area (Å²) in [4.78, 5) is 39.1. The number of rotatable bonds is 3. The Labute approximate surface area is 145 Å². The lowest BCUT2D eigenvalue weighted by atomic mass is 9.93. The minimum atomic E-state index is -4.14. The number of hydrogen-bond acceptors (Lipinski definition) is 5. The molecule has 0 radical (unpaired) electrons. The molecule has 8 nitrogen and oxygen atoms in total. The Morgan fingerprint density at radius 1 is 0.960 bits per heavy atom. The van der Waals surface area contributed by atoms with E-state index < -0.39 is 34.3 Å². The van der Waals surface area contributed by atoms with Crippen LogP contribution in [0.2, 0.25) is 0 Å². The Morgan fingerprint density at radius 3 is 2.24 bits per heavy atom. The molecule has 0 unspecified atom stereocenters. The lowest BCUT2D eigenvalue weighted by Crippen LogP contribution is -2.59. The fourth-order valence-corrected chi connectivity index (χ4v) is 4.15. The second kappa shape index (κ2) is 6.57. The van der Waals surface area contributed by atoms with Crippen LogP contribution < -0.4 is 10.0 Å². The highest BCUT2D eigenvalue weighted by Gasteiger charge is 2.43. The van der Waals surface area contributed by atoms with E-state index in [1.165, 1.54) is 24.3 Å². The van der Waals surface area contributed by atoms with Crippen LogP contribution in [0.1, 0.15) is 38.5 Å². The summed E-state index contributed by atoms with van der Waals surface area (Å²) in [6.07, 6.45) is 3.77. The summed E-state index contributed by atoms with van der Waals surface area (Å²) in [7, 11) is -4.14. The number of benzene rings is 1. The summed E-state index contributed by atoms with van der Waals surface area (Å²) in [5, 5.41) is 5.20. The van der Waals surface area contributed by atoms with Gasteiger partial charge in [-0.2, -0.15) is 0 Å². The van der Waals surface area contributed by atoms with Crippen LogP contribution in [0.3, 0.4) is 0 Å². The van der Waals surface area contributed by atoms with E-state index in [2.05, 4.69) is 0 Å². The molecule has 4 amide bonds. The summed E-state index contributed by atoms with van der Waals surface area (Å²) in [6.45, 7) is 0. The number of para-hydroxylation sites is 1. The third kappa shape index (κ3) is 3.29. The number of hydrogen-bond donors (Lipinski definition) is 1. The maximum atomic E-state index is 12.9. The number of urea groups is 1. The summed E-state index contributed by atoms with van der Waals surface area (Å²) in [5.74, 6) is -1.29. The molecule has 1 saturated carbocycles. The van der Waals surface area contributed by atoms with Crippen molar-refractivity contribution in [3.8, 4) is 0 Å². The molecule has 1 aliphatic carbocycles. The van der Waals surface area contributed by atoms with Crippen molar-refractivity contribution < 1.29 is 22.8 Å². The molecule has 0 atom stereocenters. The number of barbiturate groups is 1. The van der Waals surface area contributed by atoms with Crippen molar-refractivity contribution in [2.75, 3.05) is 4.90 Å². The van der Waals surface area contributed by atoms with Gasteiger partial charge in [-0.05, 0) is 25.0 Å². The molecule has 1 heterocycles. The largest absolute Gasteiger partial charge is 0.338 e. The zero-order valence-electron chi connectivity index (χ0n) is 13.6. The van der Waals surface area contributed by atoms with Crippen LogP contribution in [0.5, 0.6) is 0 Å². The maximum Gasteiger partial charge on any atom is 0.338 e. The third-order valence-corrected chi connectivity index (χ3v) is 5.53. The molecule has 1 aromatic carbocycles. The lowest BCUT2D eigenvalue weighted by molar-refractivity contribution is -0.136. The van der Waals surface area contributed by atoms with Gasteiger partial charge in [0.15, 0.2) is 0 Å². The van der Waals surface area contributed by atoms with E-state index in [9.17, 15) is 22.8 Å². The van der Waals surface area contributed by atoms with Crippen molar-refractivity contribution in [3.05, 3.63) is 24.3 Å². The summed E-state index contributed by atoms with van der Waals surface area (Å²) < 4.78 is 23.6. The van der Waals surface area contributed by atoms with Crippen molar-refractivity contribution in [1.29, 1.82) is 0 Å². The van der Waals surface area contributed by atoms with Gasteiger partial charge < -0.3 is 0 Å². The summed E-state index contributed by atoms with van der Waals surface area (Å²) in [6, 6.07) is 4.46. The maximum absolute atomic E-state index is 12.9. The van der Waals surface area contributed by atoms with Gasteiger partial charge in [0, 0.05) is 6.04 Å². The Bertz CT molecular complexity index is 830. The quantitative estimate of drug-likeness (QED) is 0.811. The van der Waals surface area contributed by atoms with Crippen LogP contribution in [0.25, 0.3) is 0 Å². The molecule has 25 heavy (non-hydrogen) atoms. The molecule has 0 aromatic heterocycles. The van der Waals surface area contributed by atoms with Gasteiger partial charge >= 0.3 is 6.03 Å². The predicted molar refractivity (Wildman–Crippen MR) is 89.0 cm³/mol. The van der Waals surface area contributed by atoms with Gasteiger partial charge in [0.2, 0.25) is 21.8 Å². The monoisotopic (exact) mass is 365 g/mol. The van der Waals surface area contributed by atoms with Crippen molar-refractivity contribution in [3.63, 3.8) is 0 Å². The fraction of sp³-hybridized carbons (Fsp3) is 0.438. The molecular formula is C16H19N3O5S. The molecule has 1 aliphatic heterocycles. The van der Waals surface area contributed by atoms with Crippen LogP contribution in [-0.2, 0) is 19.6 Å². The number of carbonyl (C=O) groups excluding carboxylic acids is 3. The molecule has 2 fully saturated rings. The first-order valence-electron chi connectivity index (χ1n) is 8.11. The van der Waals surface area contributed by atoms with Gasteiger partial charge in [-0.25, -0.2) is 23.3 Å². The second-order valence-electron chi connectivity index (χ2n) is 6.26. The zero-order chi connectivity index (χ0) is 18.2. The second-order valence-corrected chi connectivity index (χ2v) is 7.79. The number of imide groups is 2. The van der Waals surface area contributed by atoms with Gasteiger partial charge in [0.25, 0.3) is 0 Å². The van der Waals surface area contributed by atoms with Crippen LogP contribution in [0, 0.1) is 0 Å². The summed E-state index contributed by atoms with van der Waals surface area (Å²) >= 11 is 0. The minimum absolute atomic E-state index is 0.117. The number of nitrogens with zero attached hydrogens (tertiary/aromatic N) is 2. The van der Waals surface area contributed by atoms with Crippen molar-refractivity contribution in [1.82, 2.24) is 4.90 Å². The number of anilines is 1. The normalized spacial score (nSPS) is 20.3. The number of sulfonamides is 1. The van der Waals surface area contributed by atoms with E-state index in [1.807, 2.05) is 0 Å². The molecule has 0 bridgehead atoms. The zero-order valence-corrected chi connectivity index (χ0v) is 14.4. The van der Waals surface area contributed by atoms with E-state index in [0.717, 1.165) is 29.1 Å². The van der Waals surface area contributed by atoms with Gasteiger partial charge in [-0.3, -0.25) is 14.5 Å². The highest BCUT2D eigenvalue weighted by Crippen LogP contribution is 2.31. The van der Waals surface area contributed by atoms with E-state index in [4.69, 9.17) is 5.14 Å². The highest BCUT2D eigenvalue weighted by molar-refractivity contribution is 7.89. The first-order chi connectivity index (χ1) is 11.8. The average molecular weight is 365 g/mol. The Balaban J connectivity index is 2.03. The van der Waals surface area contributed by atoms with Crippen molar-refractivity contribution in [2.45, 2.75) is 49.5 Å². The number of primary sulfonamides is 1. The molecule has 0 spiro atoms. The highest BCUT2D eigenvalue weighted by atomic mass is 32.2. The third-order valence-electron chi connectivity index (χ3n) is 4.57. The smallest absolute Gasteiger partial charge is 0.274 e. The standard InChI is InChI=1S/C16H19N3O5S/c17-25(23,24)13-9-5-4-8-12(13)19-15(21)10-14(20)18(16(19)22)11-6-2-1-3-7-11/h4-5,8-9,11H,1-3,6-7,10H2,(H2,17,23,24). The van der Waals surface area contributed by atoms with E-state index in [0.29, 0.717) is 12.8 Å². The molecule has 2 N–H and O–H groups in total.